The molecule has 0 spiro atoms. The van der Waals surface area contributed by atoms with Gasteiger partial charge in [0.25, 0.3) is 5.91 Å². The first-order valence-corrected chi connectivity index (χ1v) is 10.2. The van der Waals surface area contributed by atoms with Gasteiger partial charge in [-0.15, -0.1) is 0 Å². The summed E-state index contributed by atoms with van der Waals surface area (Å²) >= 11 is 0. The molecule has 0 unspecified atom stereocenters. The number of hydrogen-bond donors (Lipinski definition) is 0. The van der Waals surface area contributed by atoms with Gasteiger partial charge in [0, 0.05) is 56.2 Å². The number of carbonyl (C=O) groups is 1. The number of anilines is 2. The van der Waals surface area contributed by atoms with Crippen molar-refractivity contribution in [2.24, 2.45) is 0 Å². The lowest BCUT2D eigenvalue weighted by Gasteiger charge is -2.36. The first-order valence-electron chi connectivity index (χ1n) is 10.2. The average molecular weight is 364 g/mol. The predicted molar refractivity (Wildman–Crippen MR) is 112 cm³/mol. The highest BCUT2D eigenvalue weighted by Crippen LogP contribution is 2.24. The fraction of sp³-hybridized carbons (Fsp3) is 0.435. The van der Waals surface area contributed by atoms with Crippen LogP contribution in [0.1, 0.15) is 35.7 Å². The molecule has 4 heteroatoms. The zero-order valence-electron chi connectivity index (χ0n) is 16.2. The van der Waals surface area contributed by atoms with Crippen molar-refractivity contribution in [3.05, 3.63) is 59.7 Å². The third kappa shape index (κ3) is 3.95. The molecule has 2 fully saturated rings. The lowest BCUT2D eigenvalue weighted by molar-refractivity contribution is 0.0747. The molecule has 2 saturated heterocycles. The zero-order valence-corrected chi connectivity index (χ0v) is 16.2. The van der Waals surface area contributed by atoms with E-state index in [4.69, 9.17) is 0 Å². The van der Waals surface area contributed by atoms with Gasteiger partial charge in [-0.25, -0.2) is 0 Å². The van der Waals surface area contributed by atoms with Crippen molar-refractivity contribution < 1.29 is 4.79 Å². The van der Waals surface area contributed by atoms with Crippen LogP contribution in [0, 0.1) is 0 Å². The maximum absolute atomic E-state index is 12.7. The van der Waals surface area contributed by atoms with Gasteiger partial charge >= 0.3 is 0 Å². The molecule has 4 rings (SSSR count). The third-order valence-electron chi connectivity index (χ3n) is 5.86. The summed E-state index contributed by atoms with van der Waals surface area (Å²) in [4.78, 5) is 19.6. The summed E-state index contributed by atoms with van der Waals surface area (Å²) in [5.41, 5.74) is 4.67. The van der Waals surface area contributed by atoms with E-state index in [1.54, 1.807) is 0 Å². The van der Waals surface area contributed by atoms with Gasteiger partial charge in [0.05, 0.1) is 0 Å². The topological polar surface area (TPSA) is 26.8 Å². The molecule has 1 amide bonds. The Morgan fingerprint density at radius 2 is 1.26 bits per heavy atom. The molecule has 0 bridgehead atoms. The van der Waals surface area contributed by atoms with Crippen LogP contribution < -0.4 is 9.80 Å². The summed E-state index contributed by atoms with van der Waals surface area (Å²) in [7, 11) is 0. The first-order chi connectivity index (χ1) is 13.2. The third-order valence-corrected chi connectivity index (χ3v) is 5.86. The highest BCUT2D eigenvalue weighted by molar-refractivity contribution is 5.94. The van der Waals surface area contributed by atoms with Gasteiger partial charge in [0.2, 0.25) is 0 Å². The van der Waals surface area contributed by atoms with E-state index >= 15 is 0 Å². The minimum atomic E-state index is 0.154. The maximum Gasteiger partial charge on any atom is 0.253 e. The van der Waals surface area contributed by atoms with Gasteiger partial charge in [-0.1, -0.05) is 19.1 Å². The Morgan fingerprint density at radius 1 is 0.741 bits per heavy atom. The standard InChI is InChI=1S/C23H29N3O/c1-2-19-5-7-20(8-6-19)23(27)26-17-15-25(16-18-26)22-11-9-21(10-12-22)24-13-3-4-14-24/h5-12H,2-4,13-18H2,1H3. The highest BCUT2D eigenvalue weighted by atomic mass is 16.2. The number of hydrogen-bond acceptors (Lipinski definition) is 3. The van der Waals surface area contributed by atoms with E-state index in [9.17, 15) is 4.79 Å². The van der Waals surface area contributed by atoms with E-state index in [-0.39, 0.29) is 5.91 Å². The van der Waals surface area contributed by atoms with Crippen molar-refractivity contribution in [1.29, 1.82) is 0 Å². The molecule has 2 aliphatic heterocycles. The Morgan fingerprint density at radius 3 is 1.78 bits per heavy atom. The summed E-state index contributed by atoms with van der Waals surface area (Å²) in [6, 6.07) is 17.0. The summed E-state index contributed by atoms with van der Waals surface area (Å²) in [6.07, 6.45) is 3.61. The molecule has 0 aliphatic carbocycles. The van der Waals surface area contributed by atoms with Crippen LogP contribution in [0.25, 0.3) is 0 Å². The van der Waals surface area contributed by atoms with Crippen LogP contribution in [0.4, 0.5) is 11.4 Å². The molecule has 142 valence electrons. The van der Waals surface area contributed by atoms with E-state index < -0.39 is 0 Å². The molecule has 0 saturated carbocycles. The number of benzene rings is 2. The number of amides is 1. The molecule has 27 heavy (non-hydrogen) atoms. The SMILES string of the molecule is CCc1ccc(C(=O)N2CCN(c3ccc(N4CCCC4)cc3)CC2)cc1. The Kier molecular flexibility index (Phi) is 5.33. The molecule has 0 N–H and O–H groups in total. The van der Waals surface area contributed by atoms with Gasteiger partial charge in [-0.3, -0.25) is 4.79 Å². The quantitative estimate of drug-likeness (QED) is 0.826. The van der Waals surface area contributed by atoms with Crippen molar-refractivity contribution in [3.8, 4) is 0 Å². The summed E-state index contributed by atoms with van der Waals surface area (Å²) in [5, 5.41) is 0. The van der Waals surface area contributed by atoms with Gasteiger partial charge in [0.15, 0.2) is 0 Å². The molecule has 2 aromatic rings. The van der Waals surface area contributed by atoms with E-state index in [1.165, 1.54) is 42.9 Å². The summed E-state index contributed by atoms with van der Waals surface area (Å²) in [5.74, 6) is 0.154. The van der Waals surface area contributed by atoms with E-state index in [0.29, 0.717) is 0 Å². The summed E-state index contributed by atoms with van der Waals surface area (Å²) < 4.78 is 0. The van der Waals surface area contributed by atoms with E-state index in [0.717, 1.165) is 38.2 Å². The second-order valence-electron chi connectivity index (χ2n) is 7.54. The lowest BCUT2D eigenvalue weighted by atomic mass is 10.1. The number of carbonyl (C=O) groups excluding carboxylic acids is 1. The van der Waals surface area contributed by atoms with Gasteiger partial charge in [-0.05, 0) is 61.2 Å². The highest BCUT2D eigenvalue weighted by Gasteiger charge is 2.22. The second kappa shape index (κ2) is 8.03. The summed E-state index contributed by atoms with van der Waals surface area (Å²) in [6.45, 7) is 7.83. The molecule has 0 aromatic heterocycles. The van der Waals surface area contributed by atoms with Crippen molar-refractivity contribution in [2.45, 2.75) is 26.2 Å². The minimum Gasteiger partial charge on any atom is -0.372 e. The minimum absolute atomic E-state index is 0.154. The molecule has 2 aliphatic rings. The van der Waals surface area contributed by atoms with E-state index in [1.807, 2.05) is 17.0 Å². The van der Waals surface area contributed by atoms with Crippen LogP contribution in [-0.4, -0.2) is 50.1 Å². The Balaban J connectivity index is 1.34. The van der Waals surface area contributed by atoms with Gasteiger partial charge < -0.3 is 14.7 Å². The number of piperazine rings is 1. The molecule has 4 nitrogen and oxygen atoms in total. The number of rotatable bonds is 4. The molecule has 0 radical (unpaired) electrons. The molecule has 2 heterocycles. The smallest absolute Gasteiger partial charge is 0.253 e. The average Bonchev–Trinajstić information content (AvgIpc) is 3.28. The monoisotopic (exact) mass is 363 g/mol. The first kappa shape index (κ1) is 17.9. The predicted octanol–water partition coefficient (Wildman–Crippen LogP) is 3.81. The number of aryl methyl sites for hydroxylation is 1. The van der Waals surface area contributed by atoms with Crippen LogP contribution in [0.5, 0.6) is 0 Å². The van der Waals surface area contributed by atoms with Gasteiger partial charge in [0.1, 0.15) is 0 Å². The van der Waals surface area contributed by atoms with Crippen LogP contribution in [-0.2, 0) is 6.42 Å². The van der Waals surface area contributed by atoms with Crippen molar-refractivity contribution in [3.63, 3.8) is 0 Å². The van der Waals surface area contributed by atoms with Crippen molar-refractivity contribution in [1.82, 2.24) is 4.90 Å². The lowest BCUT2D eigenvalue weighted by Crippen LogP contribution is -2.48. The largest absolute Gasteiger partial charge is 0.372 e. The fourth-order valence-electron chi connectivity index (χ4n) is 4.08. The Bertz CT molecular complexity index is 755. The zero-order chi connectivity index (χ0) is 18.6. The maximum atomic E-state index is 12.7. The Labute approximate surface area is 162 Å². The van der Waals surface area contributed by atoms with E-state index in [2.05, 4.69) is 53.1 Å². The molecule has 2 aromatic carbocycles. The normalized spacial score (nSPS) is 17.4. The van der Waals surface area contributed by atoms with Crippen LogP contribution in [0.2, 0.25) is 0 Å². The fourth-order valence-corrected chi connectivity index (χ4v) is 4.08. The second-order valence-corrected chi connectivity index (χ2v) is 7.54. The van der Waals surface area contributed by atoms with Crippen LogP contribution in [0.15, 0.2) is 48.5 Å². The van der Waals surface area contributed by atoms with Crippen LogP contribution in [0.3, 0.4) is 0 Å². The molecule has 0 atom stereocenters. The Hall–Kier alpha value is -2.49. The van der Waals surface area contributed by atoms with Crippen LogP contribution >= 0.6 is 0 Å². The number of nitrogens with zero attached hydrogens (tertiary/aromatic N) is 3. The van der Waals surface area contributed by atoms with Crippen molar-refractivity contribution >= 4 is 17.3 Å². The molecular formula is C23H29N3O. The molecular weight excluding hydrogens is 334 g/mol. The van der Waals surface area contributed by atoms with Crippen molar-refractivity contribution in [2.75, 3.05) is 49.1 Å². The van der Waals surface area contributed by atoms with Gasteiger partial charge in [-0.2, -0.15) is 0 Å².